The van der Waals surface area contributed by atoms with Crippen molar-refractivity contribution >= 4 is 17.7 Å². The first-order valence-electron chi connectivity index (χ1n) is 5.28. The fraction of sp³-hybridized carbons (Fsp3) is 0.250. The second-order valence-electron chi connectivity index (χ2n) is 2.84. The minimum atomic E-state index is -0.954. The Morgan fingerprint density at radius 1 is 0.810 bits per heavy atom. The van der Waals surface area contributed by atoms with E-state index in [1.807, 2.05) is 0 Å². The first-order chi connectivity index (χ1) is 9.62. The third kappa shape index (κ3) is 74.7. The summed E-state index contributed by atoms with van der Waals surface area (Å²) in [5.41, 5.74) is 13.6. The van der Waals surface area contributed by atoms with Crippen molar-refractivity contribution in [1.29, 1.82) is 0 Å². The van der Waals surface area contributed by atoms with Crippen molar-refractivity contribution < 1.29 is 29.7 Å². The second-order valence-corrected chi connectivity index (χ2v) is 2.84. The van der Waals surface area contributed by atoms with Gasteiger partial charge in [0.15, 0.2) is 0 Å². The maximum Gasteiger partial charge on any atom is 0.240 e. The molecule has 0 aliphatic heterocycles. The maximum atomic E-state index is 9.47. The number of aliphatic hydroxyl groups excluding tert-OH is 3. The molecule has 0 aromatic rings. The Kier molecular flexibility index (Phi) is 29.1. The summed E-state index contributed by atoms with van der Waals surface area (Å²) in [6.45, 7) is 8.53. The molecule has 122 valence electrons. The molecule has 0 radical (unpaired) electrons. The van der Waals surface area contributed by atoms with Gasteiger partial charge in [0.05, 0.1) is 13.2 Å². The van der Waals surface area contributed by atoms with Gasteiger partial charge in [-0.2, -0.15) is 0 Å². The molecule has 0 aromatic carbocycles. The van der Waals surface area contributed by atoms with Crippen molar-refractivity contribution in [3.63, 3.8) is 0 Å². The molecule has 3 amide bonds. The van der Waals surface area contributed by atoms with Gasteiger partial charge in [0.2, 0.25) is 17.7 Å². The predicted octanol–water partition coefficient (Wildman–Crippen LogP) is -2.69. The van der Waals surface area contributed by atoms with Crippen LogP contribution in [0.5, 0.6) is 0 Å². The summed E-state index contributed by atoms with van der Waals surface area (Å²) < 4.78 is 0. The van der Waals surface area contributed by atoms with E-state index < -0.39 is 23.8 Å². The number of hydrogen-bond acceptors (Lipinski definition) is 6. The molecule has 0 fully saturated rings. The van der Waals surface area contributed by atoms with Gasteiger partial charge >= 0.3 is 0 Å². The lowest BCUT2D eigenvalue weighted by Gasteiger charge is -1.96. The van der Waals surface area contributed by atoms with Crippen LogP contribution in [0.4, 0.5) is 0 Å². The lowest BCUT2D eigenvalue weighted by molar-refractivity contribution is -0.114. The zero-order valence-electron chi connectivity index (χ0n) is 11.6. The first kappa shape index (κ1) is 27.0. The van der Waals surface area contributed by atoms with Crippen molar-refractivity contribution in [1.82, 2.24) is 0 Å². The highest BCUT2D eigenvalue weighted by Crippen LogP contribution is 1.71. The van der Waals surface area contributed by atoms with E-state index in [0.29, 0.717) is 0 Å². The van der Waals surface area contributed by atoms with Crippen LogP contribution in [-0.2, 0) is 14.4 Å². The fourth-order valence-electron chi connectivity index (χ4n) is 0.0577. The van der Waals surface area contributed by atoms with Crippen LogP contribution >= 0.6 is 0 Å². The third-order valence-corrected chi connectivity index (χ3v) is 1.03. The van der Waals surface area contributed by atoms with E-state index in [9.17, 15) is 14.4 Å². The van der Waals surface area contributed by atoms with Crippen molar-refractivity contribution in [3.05, 3.63) is 38.0 Å². The van der Waals surface area contributed by atoms with Gasteiger partial charge in [0, 0.05) is 0 Å². The van der Waals surface area contributed by atoms with E-state index in [4.69, 9.17) is 15.3 Å². The molecule has 0 saturated carbocycles. The average molecular weight is 305 g/mol. The highest BCUT2D eigenvalue weighted by Gasteiger charge is 1.93. The summed E-state index contributed by atoms with van der Waals surface area (Å²) in [6, 6.07) is 0. The van der Waals surface area contributed by atoms with Crippen LogP contribution in [0.15, 0.2) is 38.0 Å². The van der Waals surface area contributed by atoms with Gasteiger partial charge in [-0.15, -0.1) is 0 Å². The standard InChI is InChI=1S/3C3H5NO.C3H8O3/c3*1-2-3(4)5;4-1-3(6)2-5/h3*2H,1H2,(H2,4,5);3-6H,1-2H2. The summed E-state index contributed by atoms with van der Waals surface area (Å²) in [5, 5.41) is 24.0. The normalized spacial score (nSPS) is 7.43. The average Bonchev–Trinajstić information content (AvgIpc) is 2.47. The van der Waals surface area contributed by atoms with Crippen LogP contribution in [0.2, 0.25) is 0 Å². The van der Waals surface area contributed by atoms with Gasteiger partial charge in [0.25, 0.3) is 0 Å². The highest BCUT2D eigenvalue weighted by molar-refractivity contribution is 5.85. The Morgan fingerprint density at radius 3 is 0.952 bits per heavy atom. The quantitative estimate of drug-likeness (QED) is 0.299. The molecular formula is C12H23N3O6. The van der Waals surface area contributed by atoms with Gasteiger partial charge in [0.1, 0.15) is 6.10 Å². The maximum absolute atomic E-state index is 9.47. The summed E-state index contributed by atoms with van der Waals surface area (Å²) >= 11 is 0. The molecule has 0 aliphatic carbocycles. The van der Waals surface area contributed by atoms with Gasteiger partial charge < -0.3 is 32.5 Å². The summed E-state index contributed by atoms with van der Waals surface area (Å²) in [4.78, 5) is 28.4. The Balaban J connectivity index is -0.0000000921. The van der Waals surface area contributed by atoms with Gasteiger partial charge in [-0.05, 0) is 18.2 Å². The van der Waals surface area contributed by atoms with Crippen LogP contribution < -0.4 is 17.2 Å². The summed E-state index contributed by atoms with van der Waals surface area (Å²) in [6.07, 6.45) is 2.21. The topological polar surface area (TPSA) is 190 Å². The van der Waals surface area contributed by atoms with Crippen LogP contribution in [0.25, 0.3) is 0 Å². The molecule has 21 heavy (non-hydrogen) atoms. The number of carbonyl (C=O) groups is 3. The molecule has 9 heteroatoms. The molecule has 9 nitrogen and oxygen atoms in total. The molecule has 9 N–H and O–H groups in total. The van der Waals surface area contributed by atoms with Gasteiger partial charge in [-0.25, -0.2) is 0 Å². The van der Waals surface area contributed by atoms with Crippen LogP contribution in [-0.4, -0.2) is 52.4 Å². The number of hydrogen-bond donors (Lipinski definition) is 6. The van der Waals surface area contributed by atoms with Crippen LogP contribution in [0.1, 0.15) is 0 Å². The summed E-state index contributed by atoms with van der Waals surface area (Å²) in [7, 11) is 0. The van der Waals surface area contributed by atoms with Crippen molar-refractivity contribution in [2.45, 2.75) is 6.10 Å². The second kappa shape index (κ2) is 22.7. The molecule has 0 bridgehead atoms. The van der Waals surface area contributed by atoms with E-state index in [1.165, 1.54) is 0 Å². The van der Waals surface area contributed by atoms with Crippen molar-refractivity contribution in [2.75, 3.05) is 13.2 Å². The Bertz CT molecular complexity index is 284. The van der Waals surface area contributed by atoms with E-state index in [1.54, 1.807) is 0 Å². The van der Waals surface area contributed by atoms with Crippen molar-refractivity contribution in [2.24, 2.45) is 17.2 Å². The number of rotatable bonds is 5. The smallest absolute Gasteiger partial charge is 0.240 e. The molecule has 0 spiro atoms. The minimum absolute atomic E-state index is 0.365. The van der Waals surface area contributed by atoms with Crippen molar-refractivity contribution in [3.8, 4) is 0 Å². The van der Waals surface area contributed by atoms with E-state index >= 15 is 0 Å². The number of nitrogens with two attached hydrogens (primary N) is 3. The zero-order valence-corrected chi connectivity index (χ0v) is 11.6. The third-order valence-electron chi connectivity index (χ3n) is 1.03. The number of primary amides is 3. The Hall–Kier alpha value is -2.49. The van der Waals surface area contributed by atoms with E-state index in [-0.39, 0.29) is 13.2 Å². The monoisotopic (exact) mass is 305 g/mol. The lowest BCUT2D eigenvalue weighted by Crippen LogP contribution is -2.15. The first-order valence-corrected chi connectivity index (χ1v) is 5.28. The molecule has 0 unspecified atom stereocenters. The largest absolute Gasteiger partial charge is 0.394 e. The summed E-state index contributed by atoms with van der Waals surface area (Å²) in [5.74, 6) is -1.44. The van der Waals surface area contributed by atoms with Gasteiger partial charge in [-0.3, -0.25) is 14.4 Å². The molecule has 0 saturated heterocycles. The number of carbonyl (C=O) groups excluding carboxylic acids is 3. The molecular weight excluding hydrogens is 282 g/mol. The van der Waals surface area contributed by atoms with E-state index in [2.05, 4.69) is 36.9 Å². The number of aliphatic hydroxyl groups is 3. The predicted molar refractivity (Wildman–Crippen MR) is 78.4 cm³/mol. The lowest BCUT2D eigenvalue weighted by atomic mass is 10.4. The Labute approximate surface area is 123 Å². The zero-order chi connectivity index (χ0) is 17.8. The van der Waals surface area contributed by atoms with Crippen LogP contribution in [0, 0.1) is 0 Å². The SMILES string of the molecule is C=CC(N)=O.C=CC(N)=O.C=CC(N)=O.OCC(O)CO. The number of amides is 3. The molecule has 0 heterocycles. The minimum Gasteiger partial charge on any atom is -0.394 e. The molecule has 0 rings (SSSR count). The van der Waals surface area contributed by atoms with Crippen LogP contribution in [0.3, 0.4) is 0 Å². The highest BCUT2D eigenvalue weighted by atomic mass is 16.3. The Morgan fingerprint density at radius 2 is 0.952 bits per heavy atom. The van der Waals surface area contributed by atoms with Gasteiger partial charge in [-0.1, -0.05) is 19.7 Å². The molecule has 0 aromatic heterocycles. The molecule has 0 atom stereocenters. The fourth-order valence-corrected chi connectivity index (χ4v) is 0.0577. The van der Waals surface area contributed by atoms with E-state index in [0.717, 1.165) is 18.2 Å². The molecule has 0 aliphatic rings.